The Labute approximate surface area is 108 Å². The summed E-state index contributed by atoms with van der Waals surface area (Å²) in [7, 11) is 0. The molecule has 1 aromatic rings. The summed E-state index contributed by atoms with van der Waals surface area (Å²) >= 11 is 0. The average Bonchev–Trinajstić information content (AvgIpc) is 2.72. The molecule has 0 bridgehead atoms. The quantitative estimate of drug-likeness (QED) is 0.652. The Bertz CT molecular complexity index is 445. The molecule has 2 atom stereocenters. The normalized spacial score (nSPS) is 23.0. The number of hydrogen-bond donors (Lipinski definition) is 1. The second-order valence-corrected chi connectivity index (χ2v) is 5.33. The zero-order valence-corrected chi connectivity index (χ0v) is 11.0. The molecule has 4 nitrogen and oxygen atoms in total. The Morgan fingerprint density at radius 3 is 2.83 bits per heavy atom. The number of rotatable bonds is 4. The molecule has 1 aromatic carbocycles. The van der Waals surface area contributed by atoms with Crippen LogP contribution < -0.4 is 5.32 Å². The second kappa shape index (κ2) is 5.38. The van der Waals surface area contributed by atoms with Crippen molar-refractivity contribution >= 4 is 11.4 Å². The zero-order chi connectivity index (χ0) is 13.1. The Hall–Kier alpha value is -1.58. The standard InChI is InChI=1S/C14H20N2O2/c1-10-6-7-14(16(17)18)13(8-10)15-9-12-5-3-4-11(12)2/h6-8,11-12,15H,3-5,9H2,1-2H3. The molecule has 1 aliphatic rings. The van der Waals surface area contributed by atoms with E-state index in [1.165, 1.54) is 19.3 Å². The summed E-state index contributed by atoms with van der Waals surface area (Å²) < 4.78 is 0. The van der Waals surface area contributed by atoms with E-state index >= 15 is 0 Å². The van der Waals surface area contributed by atoms with Crippen molar-refractivity contribution in [3.05, 3.63) is 33.9 Å². The monoisotopic (exact) mass is 248 g/mol. The minimum Gasteiger partial charge on any atom is -0.379 e. The lowest BCUT2D eigenvalue weighted by Gasteiger charge is -2.17. The van der Waals surface area contributed by atoms with Crippen LogP contribution in [-0.4, -0.2) is 11.5 Å². The third-order valence-electron chi connectivity index (χ3n) is 3.94. The van der Waals surface area contributed by atoms with Crippen LogP contribution >= 0.6 is 0 Å². The number of nitrogens with one attached hydrogen (secondary N) is 1. The van der Waals surface area contributed by atoms with Crippen molar-refractivity contribution in [2.24, 2.45) is 11.8 Å². The zero-order valence-electron chi connectivity index (χ0n) is 11.0. The molecule has 0 aliphatic heterocycles. The van der Waals surface area contributed by atoms with E-state index in [1.807, 2.05) is 13.0 Å². The van der Waals surface area contributed by atoms with Gasteiger partial charge in [-0.2, -0.15) is 0 Å². The summed E-state index contributed by atoms with van der Waals surface area (Å²) in [5.74, 6) is 1.37. The molecule has 0 radical (unpaired) electrons. The van der Waals surface area contributed by atoms with E-state index in [1.54, 1.807) is 12.1 Å². The smallest absolute Gasteiger partial charge is 0.292 e. The van der Waals surface area contributed by atoms with E-state index in [9.17, 15) is 10.1 Å². The second-order valence-electron chi connectivity index (χ2n) is 5.33. The van der Waals surface area contributed by atoms with Gasteiger partial charge in [0.2, 0.25) is 0 Å². The highest BCUT2D eigenvalue weighted by Crippen LogP contribution is 2.32. The predicted molar refractivity (Wildman–Crippen MR) is 72.8 cm³/mol. The van der Waals surface area contributed by atoms with Crippen molar-refractivity contribution in [1.82, 2.24) is 0 Å². The number of hydrogen-bond acceptors (Lipinski definition) is 3. The lowest BCUT2D eigenvalue weighted by atomic mass is 9.98. The molecule has 2 rings (SSSR count). The van der Waals surface area contributed by atoms with Crippen molar-refractivity contribution < 1.29 is 4.92 Å². The first-order valence-corrected chi connectivity index (χ1v) is 6.57. The highest BCUT2D eigenvalue weighted by molar-refractivity contribution is 5.62. The highest BCUT2D eigenvalue weighted by Gasteiger charge is 2.24. The molecule has 1 aliphatic carbocycles. The molecule has 1 N–H and O–H groups in total. The third-order valence-corrected chi connectivity index (χ3v) is 3.94. The fourth-order valence-corrected chi connectivity index (χ4v) is 2.72. The van der Waals surface area contributed by atoms with Crippen LogP contribution in [0.5, 0.6) is 0 Å². The van der Waals surface area contributed by atoms with Gasteiger partial charge in [-0.15, -0.1) is 0 Å². The maximum atomic E-state index is 11.0. The van der Waals surface area contributed by atoms with Crippen LogP contribution in [0.1, 0.15) is 31.7 Å². The fraction of sp³-hybridized carbons (Fsp3) is 0.571. The van der Waals surface area contributed by atoms with Gasteiger partial charge in [-0.25, -0.2) is 0 Å². The van der Waals surface area contributed by atoms with Gasteiger partial charge in [0, 0.05) is 12.6 Å². The summed E-state index contributed by atoms with van der Waals surface area (Å²) in [6.07, 6.45) is 3.79. The lowest BCUT2D eigenvalue weighted by molar-refractivity contribution is -0.384. The Morgan fingerprint density at radius 2 is 2.22 bits per heavy atom. The largest absolute Gasteiger partial charge is 0.379 e. The summed E-state index contributed by atoms with van der Waals surface area (Å²) in [5, 5.41) is 14.2. The van der Waals surface area contributed by atoms with Gasteiger partial charge in [0.15, 0.2) is 0 Å². The van der Waals surface area contributed by atoms with Gasteiger partial charge >= 0.3 is 0 Å². The molecule has 0 aromatic heterocycles. The van der Waals surface area contributed by atoms with Crippen molar-refractivity contribution in [2.45, 2.75) is 33.1 Å². The van der Waals surface area contributed by atoms with Crippen LogP contribution in [0.15, 0.2) is 18.2 Å². The molecule has 0 amide bonds. The van der Waals surface area contributed by atoms with Gasteiger partial charge in [-0.05, 0) is 36.8 Å². The first kappa shape index (κ1) is 12.9. The molecule has 0 saturated heterocycles. The number of nitro groups is 1. The van der Waals surface area contributed by atoms with E-state index in [0.29, 0.717) is 11.6 Å². The fourth-order valence-electron chi connectivity index (χ4n) is 2.72. The van der Waals surface area contributed by atoms with Crippen LogP contribution in [0.4, 0.5) is 11.4 Å². The van der Waals surface area contributed by atoms with Gasteiger partial charge in [-0.3, -0.25) is 10.1 Å². The van der Waals surface area contributed by atoms with Crippen LogP contribution in [0.25, 0.3) is 0 Å². The SMILES string of the molecule is Cc1ccc([N+](=O)[O-])c(NCC2CCCC2C)c1. The molecular formula is C14H20N2O2. The van der Waals surface area contributed by atoms with E-state index in [0.717, 1.165) is 18.0 Å². The van der Waals surface area contributed by atoms with E-state index in [-0.39, 0.29) is 10.6 Å². The summed E-state index contributed by atoms with van der Waals surface area (Å²) in [5.41, 5.74) is 1.87. The molecule has 1 fully saturated rings. The van der Waals surface area contributed by atoms with Crippen LogP contribution in [0, 0.1) is 28.9 Å². The van der Waals surface area contributed by atoms with Crippen LogP contribution in [-0.2, 0) is 0 Å². The number of nitro benzene ring substituents is 1. The van der Waals surface area contributed by atoms with Gasteiger partial charge in [0.1, 0.15) is 5.69 Å². The molecule has 0 heterocycles. The van der Waals surface area contributed by atoms with Gasteiger partial charge in [-0.1, -0.05) is 25.8 Å². The van der Waals surface area contributed by atoms with Crippen molar-refractivity contribution in [3.63, 3.8) is 0 Å². The first-order chi connectivity index (χ1) is 8.58. The van der Waals surface area contributed by atoms with Gasteiger partial charge in [0.05, 0.1) is 4.92 Å². The maximum Gasteiger partial charge on any atom is 0.292 e. The predicted octanol–water partition coefficient (Wildman–Crippen LogP) is 3.75. The minimum atomic E-state index is -0.320. The molecule has 98 valence electrons. The first-order valence-electron chi connectivity index (χ1n) is 6.57. The summed E-state index contributed by atoms with van der Waals surface area (Å²) in [4.78, 5) is 10.6. The minimum absolute atomic E-state index is 0.172. The van der Waals surface area contributed by atoms with Gasteiger partial charge in [0.25, 0.3) is 5.69 Å². The highest BCUT2D eigenvalue weighted by atomic mass is 16.6. The van der Waals surface area contributed by atoms with Crippen LogP contribution in [0.2, 0.25) is 0 Å². The van der Waals surface area contributed by atoms with Crippen LogP contribution in [0.3, 0.4) is 0 Å². The number of benzene rings is 1. The Morgan fingerprint density at radius 1 is 1.44 bits per heavy atom. The molecule has 18 heavy (non-hydrogen) atoms. The van der Waals surface area contributed by atoms with Crippen molar-refractivity contribution in [3.8, 4) is 0 Å². The lowest BCUT2D eigenvalue weighted by Crippen LogP contribution is -2.17. The Kier molecular flexibility index (Phi) is 3.84. The van der Waals surface area contributed by atoms with Gasteiger partial charge < -0.3 is 5.32 Å². The number of nitrogens with zero attached hydrogens (tertiary/aromatic N) is 1. The molecule has 4 heteroatoms. The third kappa shape index (κ3) is 2.81. The number of anilines is 1. The van der Waals surface area contributed by atoms with Crippen molar-refractivity contribution in [2.75, 3.05) is 11.9 Å². The van der Waals surface area contributed by atoms with E-state index in [2.05, 4.69) is 12.2 Å². The topological polar surface area (TPSA) is 55.2 Å². The summed E-state index contributed by atoms with van der Waals surface area (Å²) in [6, 6.07) is 5.22. The Balaban J connectivity index is 2.08. The average molecular weight is 248 g/mol. The van der Waals surface area contributed by atoms with Crippen molar-refractivity contribution in [1.29, 1.82) is 0 Å². The molecule has 2 unspecified atom stereocenters. The number of aryl methyl sites for hydroxylation is 1. The maximum absolute atomic E-state index is 11.0. The molecular weight excluding hydrogens is 228 g/mol. The molecule has 1 saturated carbocycles. The van der Waals surface area contributed by atoms with E-state index < -0.39 is 0 Å². The summed E-state index contributed by atoms with van der Waals surface area (Å²) in [6.45, 7) is 5.06. The van der Waals surface area contributed by atoms with E-state index in [4.69, 9.17) is 0 Å². The molecule has 0 spiro atoms.